The first kappa shape index (κ1) is 52.9. The quantitative estimate of drug-likeness (QED) is 0.0267. The number of hydrogen-bond acceptors (Lipinski definition) is 6. The molecule has 0 spiro atoms. The maximum atomic E-state index is 12.7. The highest BCUT2D eigenvalue weighted by Gasteiger charge is 2.19. The van der Waals surface area contributed by atoms with Crippen LogP contribution in [-0.4, -0.2) is 37.2 Å². The summed E-state index contributed by atoms with van der Waals surface area (Å²) in [6.45, 7) is 6.37. The molecule has 320 valence electrons. The number of unbranched alkanes of at least 4 members (excludes halogenated alkanes) is 17. The summed E-state index contributed by atoms with van der Waals surface area (Å²) >= 11 is 0. The van der Waals surface area contributed by atoms with E-state index in [2.05, 4.69) is 93.7 Å². The molecule has 0 aromatic rings. The van der Waals surface area contributed by atoms with Gasteiger partial charge in [0.15, 0.2) is 6.10 Å². The third kappa shape index (κ3) is 42.0. The Kier molecular flexibility index (Phi) is 42.1. The molecule has 0 aliphatic rings. The average molecular weight is 781 g/mol. The van der Waals surface area contributed by atoms with Crippen LogP contribution in [0.15, 0.2) is 72.9 Å². The van der Waals surface area contributed by atoms with Crippen molar-refractivity contribution in [2.45, 2.75) is 213 Å². The number of carbonyl (C=O) groups excluding carboxylic acids is 3. The Morgan fingerprint density at radius 3 is 1.21 bits per heavy atom. The zero-order valence-corrected chi connectivity index (χ0v) is 36.4. The molecule has 0 heterocycles. The van der Waals surface area contributed by atoms with E-state index in [1.54, 1.807) is 0 Å². The minimum absolute atomic E-state index is 0.0973. The zero-order valence-electron chi connectivity index (χ0n) is 36.4. The molecule has 1 atom stereocenters. The van der Waals surface area contributed by atoms with Crippen molar-refractivity contribution < 1.29 is 28.6 Å². The van der Waals surface area contributed by atoms with Gasteiger partial charge < -0.3 is 14.2 Å². The highest BCUT2D eigenvalue weighted by atomic mass is 16.6. The first-order valence-electron chi connectivity index (χ1n) is 22.9. The molecular weight excluding hydrogens is 697 g/mol. The summed E-state index contributed by atoms with van der Waals surface area (Å²) in [6.07, 6.45) is 54.6. The second-order valence-corrected chi connectivity index (χ2v) is 14.9. The predicted molar refractivity (Wildman–Crippen MR) is 238 cm³/mol. The van der Waals surface area contributed by atoms with Gasteiger partial charge in [0.2, 0.25) is 0 Å². The average Bonchev–Trinajstić information content (AvgIpc) is 3.19. The number of esters is 3. The lowest BCUT2D eigenvalue weighted by Gasteiger charge is -2.18. The van der Waals surface area contributed by atoms with Gasteiger partial charge in [-0.05, 0) is 103 Å². The molecule has 0 N–H and O–H groups in total. The molecule has 0 aliphatic heterocycles. The molecule has 6 nitrogen and oxygen atoms in total. The van der Waals surface area contributed by atoms with Gasteiger partial charge in [0.1, 0.15) is 13.2 Å². The maximum absolute atomic E-state index is 12.7. The fourth-order valence-corrected chi connectivity index (χ4v) is 5.96. The van der Waals surface area contributed by atoms with Gasteiger partial charge in [0.05, 0.1) is 0 Å². The van der Waals surface area contributed by atoms with Crippen molar-refractivity contribution in [3.05, 3.63) is 72.9 Å². The Balaban J connectivity index is 4.47. The third-order valence-electron chi connectivity index (χ3n) is 9.40. The Morgan fingerprint density at radius 2 is 0.732 bits per heavy atom. The van der Waals surface area contributed by atoms with Crippen LogP contribution in [0.2, 0.25) is 0 Å². The van der Waals surface area contributed by atoms with Crippen LogP contribution < -0.4 is 0 Å². The molecule has 6 heteroatoms. The number of carbonyl (C=O) groups is 3. The van der Waals surface area contributed by atoms with E-state index in [1.165, 1.54) is 51.4 Å². The highest BCUT2D eigenvalue weighted by molar-refractivity contribution is 5.71. The SMILES string of the molecule is CC/C=C\C/C=C\C/C=C\C/C=C\CCCCC(=O)OCC(COC(=O)CCCCCCC/C=C\CCC)OC(=O)CCCCCCC/C=C\CCCCCC. The van der Waals surface area contributed by atoms with E-state index in [0.29, 0.717) is 19.3 Å². The molecule has 0 aliphatic carbocycles. The summed E-state index contributed by atoms with van der Waals surface area (Å²) < 4.78 is 16.6. The van der Waals surface area contributed by atoms with E-state index < -0.39 is 6.10 Å². The highest BCUT2D eigenvalue weighted by Crippen LogP contribution is 2.12. The molecule has 0 saturated carbocycles. The lowest BCUT2D eigenvalue weighted by atomic mass is 10.1. The summed E-state index contributed by atoms with van der Waals surface area (Å²) in [5.74, 6) is -0.965. The minimum atomic E-state index is -0.797. The Bertz CT molecular complexity index is 1080. The molecule has 0 bridgehead atoms. The van der Waals surface area contributed by atoms with Crippen LogP contribution in [0.5, 0.6) is 0 Å². The lowest BCUT2D eigenvalue weighted by molar-refractivity contribution is -0.167. The Hall–Kier alpha value is -3.15. The molecule has 0 aromatic heterocycles. The Labute approximate surface area is 344 Å². The lowest BCUT2D eigenvalue weighted by Crippen LogP contribution is -2.30. The summed E-state index contributed by atoms with van der Waals surface area (Å²) in [5.41, 5.74) is 0. The molecule has 0 rings (SSSR count). The largest absolute Gasteiger partial charge is 0.462 e. The summed E-state index contributed by atoms with van der Waals surface area (Å²) in [4.78, 5) is 37.7. The molecule has 0 fully saturated rings. The van der Waals surface area contributed by atoms with Gasteiger partial charge in [-0.25, -0.2) is 0 Å². The number of rotatable bonds is 40. The van der Waals surface area contributed by atoms with E-state index in [-0.39, 0.29) is 31.1 Å². The van der Waals surface area contributed by atoms with Crippen molar-refractivity contribution >= 4 is 17.9 Å². The van der Waals surface area contributed by atoms with Crippen molar-refractivity contribution in [3.8, 4) is 0 Å². The first-order valence-corrected chi connectivity index (χ1v) is 22.9. The van der Waals surface area contributed by atoms with Crippen molar-refractivity contribution in [2.24, 2.45) is 0 Å². The number of ether oxygens (including phenoxy) is 3. The summed E-state index contributed by atoms with van der Waals surface area (Å²) in [7, 11) is 0. The monoisotopic (exact) mass is 781 g/mol. The fraction of sp³-hybridized carbons (Fsp3) is 0.700. The molecule has 56 heavy (non-hydrogen) atoms. The van der Waals surface area contributed by atoms with Gasteiger partial charge in [-0.1, -0.05) is 158 Å². The van der Waals surface area contributed by atoms with E-state index in [1.807, 2.05) is 0 Å². The maximum Gasteiger partial charge on any atom is 0.306 e. The Morgan fingerprint density at radius 1 is 0.375 bits per heavy atom. The molecule has 0 amide bonds. The van der Waals surface area contributed by atoms with E-state index in [0.717, 1.165) is 116 Å². The normalized spacial score (nSPS) is 12.7. The van der Waals surface area contributed by atoms with Crippen LogP contribution in [0.1, 0.15) is 207 Å². The molecular formula is C50H84O6. The van der Waals surface area contributed by atoms with Crippen molar-refractivity contribution in [1.29, 1.82) is 0 Å². The van der Waals surface area contributed by atoms with Crippen molar-refractivity contribution in [1.82, 2.24) is 0 Å². The summed E-state index contributed by atoms with van der Waals surface area (Å²) in [6, 6.07) is 0. The third-order valence-corrected chi connectivity index (χ3v) is 9.40. The smallest absolute Gasteiger partial charge is 0.306 e. The first-order chi connectivity index (χ1) is 27.5. The van der Waals surface area contributed by atoms with Gasteiger partial charge in [0, 0.05) is 19.3 Å². The van der Waals surface area contributed by atoms with Crippen molar-refractivity contribution in [3.63, 3.8) is 0 Å². The second-order valence-electron chi connectivity index (χ2n) is 14.9. The van der Waals surface area contributed by atoms with Gasteiger partial charge in [0.25, 0.3) is 0 Å². The fourth-order valence-electron chi connectivity index (χ4n) is 5.96. The van der Waals surface area contributed by atoms with Crippen molar-refractivity contribution in [2.75, 3.05) is 13.2 Å². The molecule has 0 radical (unpaired) electrons. The van der Waals surface area contributed by atoms with Crippen LogP contribution in [-0.2, 0) is 28.6 Å². The second kappa shape index (κ2) is 44.6. The molecule has 0 aromatic carbocycles. The standard InChI is InChI=1S/C50H84O6/c1-4-7-10-13-16-19-22-24-25-27-28-31-34-37-40-43-49(52)55-46-47(45-54-48(51)42-39-36-33-30-21-18-15-12-9-6-3)56-50(53)44-41-38-35-32-29-26-23-20-17-14-11-8-5-2/h7,10,12,15-16,19-20,23-25,28,31,47H,4-6,8-9,11,13-14,17-18,21-22,26-27,29-30,32-46H2,1-3H3/b10-7-,15-12-,19-16-,23-20-,25-24-,31-28-. The van der Waals surface area contributed by atoms with Gasteiger partial charge in [-0.2, -0.15) is 0 Å². The van der Waals surface area contributed by atoms with Gasteiger partial charge in [-0.15, -0.1) is 0 Å². The van der Waals surface area contributed by atoms with Gasteiger partial charge >= 0.3 is 17.9 Å². The van der Waals surface area contributed by atoms with E-state index in [4.69, 9.17) is 14.2 Å². The minimum Gasteiger partial charge on any atom is -0.462 e. The topological polar surface area (TPSA) is 78.9 Å². The van der Waals surface area contributed by atoms with E-state index >= 15 is 0 Å². The summed E-state index contributed by atoms with van der Waals surface area (Å²) in [5, 5.41) is 0. The van der Waals surface area contributed by atoms with E-state index in [9.17, 15) is 14.4 Å². The van der Waals surface area contributed by atoms with Crippen LogP contribution in [0, 0.1) is 0 Å². The molecule has 0 saturated heterocycles. The van der Waals surface area contributed by atoms with Crippen LogP contribution >= 0.6 is 0 Å². The van der Waals surface area contributed by atoms with Crippen LogP contribution in [0.4, 0.5) is 0 Å². The van der Waals surface area contributed by atoms with Gasteiger partial charge in [-0.3, -0.25) is 14.4 Å². The van der Waals surface area contributed by atoms with Crippen LogP contribution in [0.3, 0.4) is 0 Å². The molecule has 1 unspecified atom stereocenters. The zero-order chi connectivity index (χ0) is 40.8. The van der Waals surface area contributed by atoms with Crippen LogP contribution in [0.25, 0.3) is 0 Å². The number of allylic oxidation sites excluding steroid dienone is 12. The number of hydrogen-bond donors (Lipinski definition) is 0. The predicted octanol–water partition coefficient (Wildman–Crippen LogP) is 14.7.